The highest BCUT2D eigenvalue weighted by molar-refractivity contribution is 8.01. The van der Waals surface area contributed by atoms with Crippen molar-refractivity contribution in [3.8, 4) is 0 Å². The number of carbonyl (C=O) groups excluding carboxylic acids is 1. The normalized spacial score (nSPS) is 12.0. The summed E-state index contributed by atoms with van der Waals surface area (Å²) in [7, 11) is 0. The Morgan fingerprint density at radius 2 is 1.48 bits per heavy atom. The Labute approximate surface area is 163 Å². The molecule has 0 fully saturated rings. The Hall–Kier alpha value is -2.59. The van der Waals surface area contributed by atoms with E-state index in [2.05, 4.69) is 29.6 Å². The first-order valence-electron chi connectivity index (χ1n) is 8.87. The van der Waals surface area contributed by atoms with Crippen LogP contribution in [-0.2, 0) is 4.79 Å². The Kier molecular flexibility index (Phi) is 6.30. The molecule has 0 aliphatic heterocycles. The van der Waals surface area contributed by atoms with Crippen LogP contribution < -0.4 is 5.32 Å². The quantitative estimate of drug-likeness (QED) is 0.570. The van der Waals surface area contributed by atoms with Gasteiger partial charge < -0.3 is 5.32 Å². The summed E-state index contributed by atoms with van der Waals surface area (Å²) in [6.45, 7) is 3.58. The van der Waals surface area contributed by atoms with Crippen molar-refractivity contribution in [2.45, 2.75) is 24.3 Å². The molecule has 3 aromatic rings. The average Bonchev–Trinajstić information content (AvgIpc) is 2.70. The predicted octanol–water partition coefficient (Wildman–Crippen LogP) is 5.98. The molecule has 0 aliphatic rings. The highest BCUT2D eigenvalue weighted by Crippen LogP contribution is 2.38. The fourth-order valence-corrected chi connectivity index (χ4v) is 4.00. The van der Waals surface area contributed by atoms with Crippen molar-refractivity contribution in [3.63, 3.8) is 0 Å². The summed E-state index contributed by atoms with van der Waals surface area (Å²) in [5.41, 5.74) is 3.33. The minimum Gasteiger partial charge on any atom is -0.325 e. The van der Waals surface area contributed by atoms with Crippen LogP contribution in [0.2, 0.25) is 0 Å². The highest BCUT2D eigenvalue weighted by Gasteiger charge is 2.22. The summed E-state index contributed by atoms with van der Waals surface area (Å²) >= 11 is 1.58. The van der Waals surface area contributed by atoms with Crippen molar-refractivity contribution >= 4 is 23.4 Å². The van der Waals surface area contributed by atoms with Crippen molar-refractivity contribution in [3.05, 3.63) is 101 Å². The first-order valence-corrected chi connectivity index (χ1v) is 9.81. The Morgan fingerprint density at radius 1 is 0.926 bits per heavy atom. The number of benzene rings is 3. The Morgan fingerprint density at radius 3 is 2.00 bits per heavy atom. The zero-order chi connectivity index (χ0) is 19.2. The van der Waals surface area contributed by atoms with Gasteiger partial charge >= 0.3 is 0 Å². The first-order chi connectivity index (χ1) is 13.0. The van der Waals surface area contributed by atoms with E-state index in [9.17, 15) is 9.18 Å². The summed E-state index contributed by atoms with van der Waals surface area (Å²) in [6.07, 6.45) is 0. The molecule has 138 valence electrons. The highest BCUT2D eigenvalue weighted by atomic mass is 32.2. The van der Waals surface area contributed by atoms with Crippen LogP contribution in [0.25, 0.3) is 0 Å². The zero-order valence-electron chi connectivity index (χ0n) is 15.4. The van der Waals surface area contributed by atoms with Crippen LogP contribution in [0.5, 0.6) is 0 Å². The van der Waals surface area contributed by atoms with Gasteiger partial charge in [0.25, 0.3) is 0 Å². The number of aryl methyl sites for hydroxylation is 1. The van der Waals surface area contributed by atoms with E-state index < -0.39 is 0 Å². The maximum atomic E-state index is 13.7. The SMILES string of the molecule is Cc1ccc(NC(=O)[C@H](C)SC(c2ccccc2)c2ccccc2)cc1F. The smallest absolute Gasteiger partial charge is 0.237 e. The van der Waals surface area contributed by atoms with Gasteiger partial charge in [0.05, 0.1) is 10.5 Å². The molecular formula is C23H22FNOS. The number of halogens is 1. The van der Waals surface area contributed by atoms with E-state index in [1.54, 1.807) is 30.8 Å². The van der Waals surface area contributed by atoms with Crippen LogP contribution in [-0.4, -0.2) is 11.2 Å². The molecule has 0 saturated carbocycles. The van der Waals surface area contributed by atoms with Gasteiger partial charge in [-0.1, -0.05) is 66.7 Å². The van der Waals surface area contributed by atoms with E-state index in [4.69, 9.17) is 0 Å². The summed E-state index contributed by atoms with van der Waals surface area (Å²) in [5, 5.41) is 2.56. The Bertz CT molecular complexity index is 859. The van der Waals surface area contributed by atoms with Crippen LogP contribution in [0.4, 0.5) is 10.1 Å². The third-order valence-corrected chi connectivity index (χ3v) is 5.79. The third-order valence-electron chi connectivity index (χ3n) is 4.35. The minimum absolute atomic E-state index is 0.0444. The van der Waals surface area contributed by atoms with Gasteiger partial charge in [0.1, 0.15) is 5.82 Å². The summed E-state index contributed by atoms with van der Waals surface area (Å²) in [4.78, 5) is 12.7. The van der Waals surface area contributed by atoms with Crippen molar-refractivity contribution in [1.29, 1.82) is 0 Å². The lowest BCUT2D eigenvalue weighted by Gasteiger charge is -2.21. The number of rotatable bonds is 6. The maximum Gasteiger partial charge on any atom is 0.237 e. The molecule has 1 amide bonds. The van der Waals surface area contributed by atoms with E-state index in [0.717, 1.165) is 11.1 Å². The second-order valence-electron chi connectivity index (χ2n) is 6.43. The molecule has 0 radical (unpaired) electrons. The summed E-state index contributed by atoms with van der Waals surface area (Å²) < 4.78 is 13.7. The van der Waals surface area contributed by atoms with Crippen molar-refractivity contribution in [2.75, 3.05) is 5.32 Å². The van der Waals surface area contributed by atoms with E-state index in [-0.39, 0.29) is 22.2 Å². The van der Waals surface area contributed by atoms with Crippen LogP contribution in [0.15, 0.2) is 78.9 Å². The van der Waals surface area contributed by atoms with Gasteiger partial charge in [-0.25, -0.2) is 4.39 Å². The van der Waals surface area contributed by atoms with Gasteiger partial charge in [-0.15, -0.1) is 11.8 Å². The molecular weight excluding hydrogens is 357 g/mol. The molecule has 0 aromatic heterocycles. The lowest BCUT2D eigenvalue weighted by Crippen LogP contribution is -2.23. The lowest BCUT2D eigenvalue weighted by atomic mass is 10.0. The summed E-state index contributed by atoms with van der Waals surface area (Å²) in [6, 6.07) is 25.0. The van der Waals surface area contributed by atoms with Gasteiger partial charge in [-0.05, 0) is 42.7 Å². The standard InChI is InChI=1S/C23H22FNOS/c1-16-13-14-20(15-21(16)24)25-23(26)17(2)27-22(18-9-5-3-6-10-18)19-11-7-4-8-12-19/h3-15,17,22H,1-2H3,(H,25,26)/t17-/m0/s1. The molecule has 0 unspecified atom stereocenters. The van der Waals surface area contributed by atoms with Gasteiger partial charge in [0, 0.05) is 5.69 Å². The molecule has 0 heterocycles. The number of hydrogen-bond donors (Lipinski definition) is 1. The van der Waals surface area contributed by atoms with Crippen molar-refractivity contribution in [1.82, 2.24) is 0 Å². The van der Waals surface area contributed by atoms with Crippen molar-refractivity contribution in [2.24, 2.45) is 0 Å². The maximum absolute atomic E-state index is 13.7. The zero-order valence-corrected chi connectivity index (χ0v) is 16.2. The van der Waals surface area contributed by atoms with Crippen LogP contribution in [0.3, 0.4) is 0 Å². The molecule has 3 aromatic carbocycles. The topological polar surface area (TPSA) is 29.1 Å². The predicted molar refractivity (Wildman–Crippen MR) is 112 cm³/mol. The number of carbonyl (C=O) groups is 1. The van der Waals surface area contributed by atoms with Gasteiger partial charge in [0.15, 0.2) is 0 Å². The first kappa shape index (κ1) is 19.2. The van der Waals surface area contributed by atoms with E-state index in [1.807, 2.05) is 43.3 Å². The summed E-state index contributed by atoms with van der Waals surface area (Å²) in [5.74, 6) is -0.459. The molecule has 4 heteroatoms. The molecule has 3 rings (SSSR count). The monoisotopic (exact) mass is 379 g/mol. The Balaban J connectivity index is 1.76. The average molecular weight is 380 g/mol. The molecule has 27 heavy (non-hydrogen) atoms. The fourth-order valence-electron chi connectivity index (χ4n) is 2.79. The van der Waals surface area contributed by atoms with Gasteiger partial charge in [-0.3, -0.25) is 4.79 Å². The van der Waals surface area contributed by atoms with Gasteiger partial charge in [-0.2, -0.15) is 0 Å². The fraction of sp³-hybridized carbons (Fsp3) is 0.174. The van der Waals surface area contributed by atoms with Crippen LogP contribution >= 0.6 is 11.8 Å². The van der Waals surface area contributed by atoms with Gasteiger partial charge in [0.2, 0.25) is 5.91 Å². The van der Waals surface area contributed by atoms with E-state index in [0.29, 0.717) is 11.3 Å². The molecule has 0 spiro atoms. The second-order valence-corrected chi connectivity index (χ2v) is 7.88. The molecule has 0 aliphatic carbocycles. The minimum atomic E-state index is -0.320. The number of thioether (sulfide) groups is 1. The molecule has 0 saturated heterocycles. The number of hydrogen-bond acceptors (Lipinski definition) is 2. The van der Waals surface area contributed by atoms with E-state index in [1.165, 1.54) is 6.07 Å². The lowest BCUT2D eigenvalue weighted by molar-refractivity contribution is -0.115. The molecule has 2 nitrogen and oxygen atoms in total. The molecule has 1 N–H and O–H groups in total. The molecule has 0 bridgehead atoms. The van der Waals surface area contributed by atoms with Crippen molar-refractivity contribution < 1.29 is 9.18 Å². The number of amides is 1. The third kappa shape index (κ3) is 4.98. The molecule has 1 atom stereocenters. The number of anilines is 1. The second kappa shape index (κ2) is 8.87. The van der Waals surface area contributed by atoms with E-state index >= 15 is 0 Å². The van der Waals surface area contributed by atoms with Crippen LogP contribution in [0.1, 0.15) is 28.9 Å². The largest absolute Gasteiger partial charge is 0.325 e. The number of nitrogens with one attached hydrogen (secondary N) is 1. The van der Waals surface area contributed by atoms with Crippen LogP contribution in [0, 0.1) is 12.7 Å².